The maximum atomic E-state index is 4.25. The van der Waals surface area contributed by atoms with Gasteiger partial charge in [0, 0.05) is 17.6 Å². The number of rotatable bonds is 5. The highest BCUT2D eigenvalue weighted by Crippen LogP contribution is 2.19. The van der Waals surface area contributed by atoms with E-state index in [1.165, 1.54) is 37.0 Å². The largest absolute Gasteiger partial charge is 0.311 e. The minimum atomic E-state index is 0.971. The predicted octanol–water partition coefficient (Wildman–Crippen LogP) is 3.43. The van der Waals surface area contributed by atoms with Gasteiger partial charge < -0.3 is 5.32 Å². The third-order valence-corrected chi connectivity index (χ3v) is 3.89. The number of nitrogens with zero attached hydrogens (tertiary/aromatic N) is 1. The second kappa shape index (κ2) is 6.16. The Kier molecular flexibility index (Phi) is 4.55. The van der Waals surface area contributed by atoms with Crippen molar-refractivity contribution >= 4 is 11.3 Å². The highest BCUT2D eigenvalue weighted by molar-refractivity contribution is 7.11. The van der Waals surface area contributed by atoms with E-state index in [9.17, 15) is 0 Å². The Balaban J connectivity index is 1.63. The summed E-state index contributed by atoms with van der Waals surface area (Å²) in [6.07, 6.45) is 11.0. The lowest BCUT2D eigenvalue weighted by atomic mass is 9.97. The van der Waals surface area contributed by atoms with Crippen LogP contribution in [0, 0.1) is 6.92 Å². The van der Waals surface area contributed by atoms with Crippen molar-refractivity contribution < 1.29 is 0 Å². The summed E-state index contributed by atoms with van der Waals surface area (Å²) in [5, 5.41) is 4.65. The minimum absolute atomic E-state index is 0.971. The first kappa shape index (κ1) is 11.8. The molecule has 0 fully saturated rings. The molecule has 0 saturated heterocycles. The SMILES string of the molecule is Cc1ncc(CNCCC2=CCCCC2)s1. The average molecular weight is 236 g/mol. The molecular weight excluding hydrogens is 216 g/mol. The minimum Gasteiger partial charge on any atom is -0.311 e. The van der Waals surface area contributed by atoms with E-state index in [0.717, 1.165) is 18.1 Å². The summed E-state index contributed by atoms with van der Waals surface area (Å²) < 4.78 is 0. The van der Waals surface area contributed by atoms with Gasteiger partial charge in [0.1, 0.15) is 0 Å². The molecule has 16 heavy (non-hydrogen) atoms. The van der Waals surface area contributed by atoms with Crippen molar-refractivity contribution in [2.24, 2.45) is 0 Å². The number of hydrogen-bond acceptors (Lipinski definition) is 3. The summed E-state index contributed by atoms with van der Waals surface area (Å²) in [7, 11) is 0. The summed E-state index contributed by atoms with van der Waals surface area (Å²) >= 11 is 1.79. The average Bonchev–Trinajstić information content (AvgIpc) is 2.72. The van der Waals surface area contributed by atoms with E-state index in [1.54, 1.807) is 16.9 Å². The summed E-state index contributed by atoms with van der Waals surface area (Å²) in [5.74, 6) is 0. The van der Waals surface area contributed by atoms with E-state index in [2.05, 4.69) is 23.3 Å². The Morgan fingerprint density at radius 1 is 1.44 bits per heavy atom. The Bertz CT molecular complexity index is 355. The predicted molar refractivity (Wildman–Crippen MR) is 69.7 cm³/mol. The summed E-state index contributed by atoms with van der Waals surface area (Å²) in [5.41, 5.74) is 1.65. The van der Waals surface area contributed by atoms with Gasteiger partial charge in [-0.1, -0.05) is 11.6 Å². The van der Waals surface area contributed by atoms with Gasteiger partial charge in [0.25, 0.3) is 0 Å². The molecule has 1 aromatic rings. The van der Waals surface area contributed by atoms with Gasteiger partial charge in [0.05, 0.1) is 5.01 Å². The van der Waals surface area contributed by atoms with Crippen molar-refractivity contribution in [3.05, 3.63) is 27.7 Å². The molecule has 0 bridgehead atoms. The van der Waals surface area contributed by atoms with Crippen molar-refractivity contribution in [2.75, 3.05) is 6.54 Å². The fourth-order valence-electron chi connectivity index (χ4n) is 2.08. The fourth-order valence-corrected chi connectivity index (χ4v) is 2.84. The molecule has 1 heterocycles. The molecule has 0 aromatic carbocycles. The first-order chi connectivity index (χ1) is 7.84. The molecule has 1 aliphatic rings. The summed E-state index contributed by atoms with van der Waals surface area (Å²) in [4.78, 5) is 5.60. The molecule has 0 amide bonds. The molecule has 1 aromatic heterocycles. The third-order valence-electron chi connectivity index (χ3n) is 2.98. The maximum Gasteiger partial charge on any atom is 0.0897 e. The van der Waals surface area contributed by atoms with Crippen molar-refractivity contribution in [3.8, 4) is 0 Å². The van der Waals surface area contributed by atoms with Crippen LogP contribution in [0.4, 0.5) is 0 Å². The molecular formula is C13H20N2S. The lowest BCUT2D eigenvalue weighted by molar-refractivity contribution is 0.634. The van der Waals surface area contributed by atoms with Gasteiger partial charge in [-0.2, -0.15) is 0 Å². The second-order valence-electron chi connectivity index (χ2n) is 4.38. The molecule has 0 aliphatic heterocycles. The van der Waals surface area contributed by atoms with Crippen LogP contribution >= 0.6 is 11.3 Å². The number of allylic oxidation sites excluding steroid dienone is 1. The molecule has 0 radical (unpaired) electrons. The Morgan fingerprint density at radius 2 is 2.38 bits per heavy atom. The summed E-state index contributed by atoms with van der Waals surface area (Å²) in [6, 6.07) is 0. The van der Waals surface area contributed by atoms with Crippen molar-refractivity contribution in [1.82, 2.24) is 10.3 Å². The van der Waals surface area contributed by atoms with Crippen LogP contribution in [0.5, 0.6) is 0 Å². The number of aromatic nitrogens is 1. The van der Waals surface area contributed by atoms with Crippen LogP contribution in [-0.2, 0) is 6.54 Å². The van der Waals surface area contributed by atoms with E-state index in [0.29, 0.717) is 0 Å². The van der Waals surface area contributed by atoms with Crippen LogP contribution in [0.2, 0.25) is 0 Å². The Morgan fingerprint density at radius 3 is 3.06 bits per heavy atom. The molecule has 0 spiro atoms. The van der Waals surface area contributed by atoms with Gasteiger partial charge in [-0.15, -0.1) is 11.3 Å². The molecule has 1 N–H and O–H groups in total. The van der Waals surface area contributed by atoms with Gasteiger partial charge in [-0.3, -0.25) is 0 Å². The van der Waals surface area contributed by atoms with Crippen molar-refractivity contribution in [3.63, 3.8) is 0 Å². The Hall–Kier alpha value is -0.670. The van der Waals surface area contributed by atoms with E-state index < -0.39 is 0 Å². The van der Waals surface area contributed by atoms with E-state index >= 15 is 0 Å². The molecule has 1 aliphatic carbocycles. The topological polar surface area (TPSA) is 24.9 Å². The quantitative estimate of drug-likeness (QED) is 0.626. The van der Waals surface area contributed by atoms with Crippen molar-refractivity contribution in [2.45, 2.75) is 45.6 Å². The molecule has 0 unspecified atom stereocenters. The van der Waals surface area contributed by atoms with Gasteiger partial charge in [-0.25, -0.2) is 4.98 Å². The lowest BCUT2D eigenvalue weighted by Gasteiger charge is -2.12. The summed E-state index contributed by atoms with van der Waals surface area (Å²) in [6.45, 7) is 4.13. The highest BCUT2D eigenvalue weighted by Gasteiger charge is 2.03. The molecule has 0 saturated carbocycles. The number of thiazole rings is 1. The normalized spacial score (nSPS) is 16.2. The smallest absolute Gasteiger partial charge is 0.0897 e. The van der Waals surface area contributed by atoms with E-state index in [4.69, 9.17) is 0 Å². The number of nitrogens with one attached hydrogen (secondary N) is 1. The monoisotopic (exact) mass is 236 g/mol. The standard InChI is InChI=1S/C13H20N2S/c1-11-15-10-13(16-11)9-14-8-7-12-5-3-2-4-6-12/h5,10,14H,2-4,6-9H2,1H3. The fraction of sp³-hybridized carbons (Fsp3) is 0.615. The van der Waals surface area contributed by atoms with Crippen LogP contribution in [0.1, 0.15) is 42.0 Å². The molecule has 3 heteroatoms. The van der Waals surface area contributed by atoms with Crippen LogP contribution in [0.3, 0.4) is 0 Å². The molecule has 2 nitrogen and oxygen atoms in total. The van der Waals surface area contributed by atoms with Crippen LogP contribution in [0.25, 0.3) is 0 Å². The van der Waals surface area contributed by atoms with Crippen LogP contribution < -0.4 is 5.32 Å². The first-order valence-corrected chi connectivity index (χ1v) is 6.96. The van der Waals surface area contributed by atoms with E-state index in [-0.39, 0.29) is 0 Å². The maximum absolute atomic E-state index is 4.25. The zero-order valence-corrected chi connectivity index (χ0v) is 10.8. The van der Waals surface area contributed by atoms with Gasteiger partial charge in [-0.05, 0) is 45.6 Å². The molecule has 88 valence electrons. The third kappa shape index (κ3) is 3.72. The first-order valence-electron chi connectivity index (χ1n) is 6.14. The van der Waals surface area contributed by atoms with Crippen LogP contribution in [0.15, 0.2) is 17.8 Å². The highest BCUT2D eigenvalue weighted by atomic mass is 32.1. The zero-order valence-electron chi connectivity index (χ0n) is 9.96. The van der Waals surface area contributed by atoms with Gasteiger partial charge in [0.2, 0.25) is 0 Å². The van der Waals surface area contributed by atoms with Gasteiger partial charge in [0.15, 0.2) is 0 Å². The number of hydrogen-bond donors (Lipinski definition) is 1. The second-order valence-corrected chi connectivity index (χ2v) is 5.70. The number of aryl methyl sites for hydroxylation is 1. The van der Waals surface area contributed by atoms with Crippen molar-refractivity contribution in [1.29, 1.82) is 0 Å². The Labute approximate surface area is 102 Å². The molecule has 2 rings (SSSR count). The van der Waals surface area contributed by atoms with Crippen LogP contribution in [-0.4, -0.2) is 11.5 Å². The van der Waals surface area contributed by atoms with E-state index in [1.807, 2.05) is 6.20 Å². The zero-order chi connectivity index (χ0) is 11.2. The molecule has 0 atom stereocenters. The lowest BCUT2D eigenvalue weighted by Crippen LogP contribution is -2.14. The van der Waals surface area contributed by atoms with Gasteiger partial charge >= 0.3 is 0 Å².